The Morgan fingerprint density at radius 3 is 2.72 bits per heavy atom. The first kappa shape index (κ1) is 21.8. The van der Waals surface area contributed by atoms with Crippen LogP contribution in [0.15, 0.2) is 24.3 Å². The zero-order valence-corrected chi connectivity index (χ0v) is 15.0. The van der Waals surface area contributed by atoms with Gasteiger partial charge in [-0.2, -0.15) is 0 Å². The first-order valence-corrected chi connectivity index (χ1v) is 9.18. The van der Waals surface area contributed by atoms with E-state index in [1.54, 1.807) is 18.2 Å². The monoisotopic (exact) mass is 356 g/mol. The minimum Gasteiger partial charge on any atom is -0.481 e. The number of hydrogen-bond donors (Lipinski definition) is 4. The van der Waals surface area contributed by atoms with Gasteiger partial charge in [0.15, 0.2) is 6.29 Å². The second-order valence-corrected chi connectivity index (χ2v) is 6.61. The van der Waals surface area contributed by atoms with Gasteiger partial charge in [-0.3, -0.25) is 4.79 Å². The molecule has 6 nitrogen and oxygen atoms in total. The van der Waals surface area contributed by atoms with Crippen LogP contribution in [0.5, 0.6) is 0 Å². The van der Waals surface area contributed by atoms with Gasteiger partial charge in [-0.25, -0.2) is 0 Å². The Kier molecular flexibility index (Phi) is 10.6. The number of rotatable bonds is 11. The summed E-state index contributed by atoms with van der Waals surface area (Å²) in [5.74, 6) is -1.07. The number of carboxylic acid groups (broad SMARTS) is 1. The van der Waals surface area contributed by atoms with Crippen LogP contribution in [0.3, 0.4) is 0 Å². The fourth-order valence-electron chi connectivity index (χ4n) is 2.93. The van der Waals surface area contributed by atoms with Crippen molar-refractivity contribution >= 4 is 5.97 Å². The Labute approximate surface area is 149 Å². The number of ether oxygens (including phenoxy) is 1. The summed E-state index contributed by atoms with van der Waals surface area (Å²) in [5.41, 5.74) is 0. The van der Waals surface area contributed by atoms with Gasteiger partial charge < -0.3 is 25.2 Å². The van der Waals surface area contributed by atoms with E-state index in [-0.39, 0.29) is 18.8 Å². The van der Waals surface area contributed by atoms with Crippen molar-refractivity contribution in [3.63, 3.8) is 0 Å². The number of aliphatic hydroxyl groups excluding tert-OH is 3. The van der Waals surface area contributed by atoms with E-state index in [9.17, 15) is 20.1 Å². The smallest absolute Gasteiger partial charge is 0.303 e. The predicted molar refractivity (Wildman–Crippen MR) is 94.9 cm³/mol. The normalized spacial score (nSPS) is 28.6. The average Bonchev–Trinajstić information content (AvgIpc) is 2.54. The first-order valence-electron chi connectivity index (χ1n) is 9.18. The number of aliphatic carboxylic acids is 1. The molecule has 0 saturated carbocycles. The van der Waals surface area contributed by atoms with Crippen LogP contribution >= 0.6 is 0 Å². The van der Waals surface area contributed by atoms with Gasteiger partial charge in [-0.1, -0.05) is 50.5 Å². The molecular weight excluding hydrogens is 324 g/mol. The molecule has 0 radical (unpaired) electrons. The van der Waals surface area contributed by atoms with Gasteiger partial charge in [0.1, 0.15) is 0 Å². The maximum Gasteiger partial charge on any atom is 0.303 e. The third-order valence-electron chi connectivity index (χ3n) is 4.40. The molecule has 0 unspecified atom stereocenters. The molecule has 0 spiro atoms. The molecule has 6 heteroatoms. The van der Waals surface area contributed by atoms with Gasteiger partial charge in [-0.15, -0.1) is 0 Å². The highest BCUT2D eigenvalue weighted by atomic mass is 16.6. The maximum atomic E-state index is 10.5. The van der Waals surface area contributed by atoms with Gasteiger partial charge in [0.25, 0.3) is 0 Å². The van der Waals surface area contributed by atoms with Gasteiger partial charge in [-0.05, 0) is 19.3 Å². The summed E-state index contributed by atoms with van der Waals surface area (Å²) in [6.07, 6.45) is 9.25. The van der Waals surface area contributed by atoms with Crippen LogP contribution in [0.1, 0.15) is 58.3 Å². The van der Waals surface area contributed by atoms with E-state index < -0.39 is 30.6 Å². The number of carboxylic acids is 1. The lowest BCUT2D eigenvalue weighted by Crippen LogP contribution is -2.43. The van der Waals surface area contributed by atoms with E-state index >= 15 is 0 Å². The van der Waals surface area contributed by atoms with Gasteiger partial charge in [0.05, 0.1) is 18.3 Å². The van der Waals surface area contributed by atoms with Crippen molar-refractivity contribution < 1.29 is 30.0 Å². The molecule has 144 valence electrons. The highest BCUT2D eigenvalue weighted by molar-refractivity contribution is 5.66. The Morgan fingerprint density at radius 2 is 2.04 bits per heavy atom. The van der Waals surface area contributed by atoms with E-state index in [1.807, 2.05) is 6.08 Å². The number of unbranched alkanes of at least 4 members (excludes halogenated alkanes) is 2. The van der Waals surface area contributed by atoms with Crippen molar-refractivity contribution in [1.29, 1.82) is 0 Å². The molecule has 1 saturated heterocycles. The molecule has 1 heterocycles. The number of allylic oxidation sites excluding steroid dienone is 2. The molecule has 4 N–H and O–H groups in total. The molecule has 0 aromatic heterocycles. The SMILES string of the molecule is CCCCC[C@H](O)/C=C/[C@H]1O[C@@H](O)C[C@H](O)[C@@H]1C/C=C\CCC(=O)O. The Morgan fingerprint density at radius 1 is 1.28 bits per heavy atom. The summed E-state index contributed by atoms with van der Waals surface area (Å²) in [5, 5.41) is 38.5. The van der Waals surface area contributed by atoms with Crippen molar-refractivity contribution in [2.75, 3.05) is 0 Å². The molecule has 1 fully saturated rings. The molecule has 1 aliphatic heterocycles. The lowest BCUT2D eigenvalue weighted by Gasteiger charge is -2.36. The third-order valence-corrected chi connectivity index (χ3v) is 4.40. The fraction of sp³-hybridized carbons (Fsp3) is 0.737. The van der Waals surface area contributed by atoms with Crippen LogP contribution in [-0.4, -0.2) is 51.0 Å². The van der Waals surface area contributed by atoms with Crippen LogP contribution in [-0.2, 0) is 9.53 Å². The van der Waals surface area contributed by atoms with E-state index in [1.165, 1.54) is 0 Å². The van der Waals surface area contributed by atoms with E-state index in [2.05, 4.69) is 6.92 Å². The first-order chi connectivity index (χ1) is 11.9. The Hall–Kier alpha value is -1.21. The Balaban J connectivity index is 2.56. The number of hydrogen-bond acceptors (Lipinski definition) is 5. The van der Waals surface area contributed by atoms with Crippen molar-refractivity contribution in [2.24, 2.45) is 5.92 Å². The second kappa shape index (κ2) is 12.2. The van der Waals surface area contributed by atoms with Crippen LogP contribution in [0.2, 0.25) is 0 Å². The predicted octanol–water partition coefficient (Wildman–Crippen LogP) is 2.38. The Bertz CT molecular complexity index is 434. The standard InChI is InChI=1S/C19H32O6/c1-2-3-5-8-14(20)11-12-17-15(16(21)13-19(24)25-17)9-6-4-7-10-18(22)23/h4,6,11-12,14-17,19-21,24H,2-3,5,7-10,13H2,1H3,(H,22,23)/b6-4-,12-11+/t14-,15-,16-,17+,19+/m0/s1. The van der Waals surface area contributed by atoms with Crippen LogP contribution in [0.4, 0.5) is 0 Å². The van der Waals surface area contributed by atoms with Crippen molar-refractivity contribution in [3.05, 3.63) is 24.3 Å². The van der Waals surface area contributed by atoms with Crippen LogP contribution in [0, 0.1) is 5.92 Å². The molecule has 0 bridgehead atoms. The van der Waals surface area contributed by atoms with E-state index in [4.69, 9.17) is 9.84 Å². The molecule has 0 aromatic carbocycles. The fourth-order valence-corrected chi connectivity index (χ4v) is 2.93. The molecule has 5 atom stereocenters. The lowest BCUT2D eigenvalue weighted by atomic mass is 9.87. The topological polar surface area (TPSA) is 107 Å². The van der Waals surface area contributed by atoms with Gasteiger partial charge >= 0.3 is 5.97 Å². The highest BCUT2D eigenvalue weighted by Gasteiger charge is 2.35. The quantitative estimate of drug-likeness (QED) is 0.334. The molecule has 0 amide bonds. The summed E-state index contributed by atoms with van der Waals surface area (Å²) >= 11 is 0. The van der Waals surface area contributed by atoms with Crippen molar-refractivity contribution in [3.8, 4) is 0 Å². The third kappa shape index (κ3) is 9.16. The average molecular weight is 356 g/mol. The number of aliphatic hydroxyl groups is 3. The second-order valence-electron chi connectivity index (χ2n) is 6.61. The molecule has 1 aliphatic rings. The van der Waals surface area contributed by atoms with Crippen molar-refractivity contribution in [1.82, 2.24) is 0 Å². The van der Waals surface area contributed by atoms with E-state index in [0.717, 1.165) is 19.3 Å². The summed E-state index contributed by atoms with van der Waals surface area (Å²) < 4.78 is 5.51. The minimum atomic E-state index is -1.02. The summed E-state index contributed by atoms with van der Waals surface area (Å²) in [4.78, 5) is 10.5. The van der Waals surface area contributed by atoms with Crippen LogP contribution < -0.4 is 0 Å². The molecule has 25 heavy (non-hydrogen) atoms. The zero-order valence-electron chi connectivity index (χ0n) is 15.0. The lowest BCUT2D eigenvalue weighted by molar-refractivity contribution is -0.199. The van der Waals surface area contributed by atoms with Gasteiger partial charge in [0, 0.05) is 18.8 Å². The van der Waals surface area contributed by atoms with Gasteiger partial charge in [0.2, 0.25) is 0 Å². The minimum absolute atomic E-state index is 0.0756. The molecule has 0 aliphatic carbocycles. The molecule has 1 rings (SSSR count). The maximum absolute atomic E-state index is 10.5. The summed E-state index contributed by atoms with van der Waals surface area (Å²) in [6, 6.07) is 0. The summed E-state index contributed by atoms with van der Waals surface area (Å²) in [7, 11) is 0. The molecule has 0 aromatic rings. The number of carbonyl (C=O) groups is 1. The summed E-state index contributed by atoms with van der Waals surface area (Å²) in [6.45, 7) is 2.11. The van der Waals surface area contributed by atoms with Crippen LogP contribution in [0.25, 0.3) is 0 Å². The van der Waals surface area contributed by atoms with E-state index in [0.29, 0.717) is 19.3 Å². The zero-order chi connectivity index (χ0) is 18.7. The van der Waals surface area contributed by atoms with Crippen molar-refractivity contribution in [2.45, 2.75) is 82.9 Å². The largest absolute Gasteiger partial charge is 0.481 e. The highest BCUT2D eigenvalue weighted by Crippen LogP contribution is 2.29. The molecular formula is C19H32O6.